The van der Waals surface area contributed by atoms with Crippen LogP contribution in [0.1, 0.15) is 24.1 Å². The SMILES string of the molecule is O=C(O)C1C2CCCC2CN1C(=O)NCc1cncs1. The highest BCUT2D eigenvalue weighted by Crippen LogP contribution is 2.42. The number of carbonyl (C=O) groups is 2. The van der Waals surface area contributed by atoms with Gasteiger partial charge in [0.25, 0.3) is 0 Å². The van der Waals surface area contributed by atoms with Crippen molar-refractivity contribution in [3.05, 3.63) is 16.6 Å². The van der Waals surface area contributed by atoms with Gasteiger partial charge in [-0.1, -0.05) is 6.42 Å². The van der Waals surface area contributed by atoms with Crippen molar-refractivity contribution >= 4 is 23.3 Å². The van der Waals surface area contributed by atoms with Crippen LogP contribution in [0.4, 0.5) is 4.79 Å². The summed E-state index contributed by atoms with van der Waals surface area (Å²) in [6.45, 7) is 0.970. The number of nitrogens with one attached hydrogen (secondary N) is 1. The van der Waals surface area contributed by atoms with Gasteiger partial charge in [0.05, 0.1) is 12.1 Å². The Balaban J connectivity index is 1.65. The van der Waals surface area contributed by atoms with Crippen molar-refractivity contribution in [2.75, 3.05) is 6.54 Å². The van der Waals surface area contributed by atoms with Crippen LogP contribution in [0.15, 0.2) is 11.7 Å². The Labute approximate surface area is 120 Å². The number of carboxylic acids is 1. The molecule has 20 heavy (non-hydrogen) atoms. The summed E-state index contributed by atoms with van der Waals surface area (Å²) in [5.74, 6) is -0.403. The van der Waals surface area contributed by atoms with Crippen LogP contribution >= 0.6 is 11.3 Å². The standard InChI is InChI=1S/C13H17N3O3S/c17-12(18)11-10-3-1-2-8(10)6-16(11)13(19)15-5-9-4-14-7-20-9/h4,7-8,10-11H,1-3,5-6H2,(H,15,19)(H,17,18). The Kier molecular flexibility index (Phi) is 3.60. The molecule has 0 radical (unpaired) electrons. The molecule has 2 heterocycles. The quantitative estimate of drug-likeness (QED) is 0.886. The predicted molar refractivity (Wildman–Crippen MR) is 73.3 cm³/mol. The number of thiazole rings is 1. The second-order valence-electron chi connectivity index (χ2n) is 5.42. The van der Waals surface area contributed by atoms with E-state index in [1.54, 1.807) is 11.7 Å². The van der Waals surface area contributed by atoms with Crippen molar-refractivity contribution < 1.29 is 14.7 Å². The number of rotatable bonds is 3. The molecule has 1 saturated heterocycles. The van der Waals surface area contributed by atoms with Crippen molar-refractivity contribution in [3.8, 4) is 0 Å². The van der Waals surface area contributed by atoms with Crippen LogP contribution in [0.5, 0.6) is 0 Å². The number of nitrogens with zero attached hydrogens (tertiary/aromatic N) is 2. The third-order valence-corrected chi connectivity index (χ3v) is 5.08. The molecule has 0 spiro atoms. The van der Waals surface area contributed by atoms with Gasteiger partial charge >= 0.3 is 12.0 Å². The second kappa shape index (κ2) is 5.40. The Bertz CT molecular complexity index is 505. The first kappa shape index (κ1) is 13.4. The summed E-state index contributed by atoms with van der Waals surface area (Å²) in [5.41, 5.74) is 1.71. The lowest BCUT2D eigenvalue weighted by atomic mass is 9.94. The number of likely N-dealkylation sites (tertiary alicyclic amines) is 1. The molecular formula is C13H17N3O3S. The van der Waals surface area contributed by atoms with Gasteiger partial charge in [0.1, 0.15) is 6.04 Å². The average Bonchev–Trinajstić information content (AvgIpc) is 3.10. The van der Waals surface area contributed by atoms with Gasteiger partial charge in [-0.05, 0) is 24.7 Å². The largest absolute Gasteiger partial charge is 0.480 e. The molecule has 2 N–H and O–H groups in total. The van der Waals surface area contributed by atoms with Crippen molar-refractivity contribution in [3.63, 3.8) is 0 Å². The zero-order valence-corrected chi connectivity index (χ0v) is 11.8. The molecule has 6 nitrogen and oxygen atoms in total. The molecule has 1 aromatic heterocycles. The number of hydrogen-bond acceptors (Lipinski definition) is 4. The van der Waals surface area contributed by atoms with Crippen LogP contribution in [0, 0.1) is 11.8 Å². The van der Waals surface area contributed by atoms with Gasteiger partial charge in [-0.3, -0.25) is 4.98 Å². The lowest BCUT2D eigenvalue weighted by Crippen LogP contribution is -2.47. The van der Waals surface area contributed by atoms with Gasteiger partial charge in [0.15, 0.2) is 0 Å². The third-order valence-electron chi connectivity index (χ3n) is 4.30. The van der Waals surface area contributed by atoms with Crippen LogP contribution < -0.4 is 5.32 Å². The monoisotopic (exact) mass is 295 g/mol. The topological polar surface area (TPSA) is 82.5 Å². The summed E-state index contributed by atoms with van der Waals surface area (Å²) >= 11 is 1.47. The van der Waals surface area contributed by atoms with Crippen molar-refractivity contribution in [2.24, 2.45) is 11.8 Å². The minimum absolute atomic E-state index is 0.127. The number of carbonyl (C=O) groups excluding carboxylic acids is 1. The Morgan fingerprint density at radius 1 is 1.50 bits per heavy atom. The Hall–Kier alpha value is -1.63. The fraction of sp³-hybridized carbons (Fsp3) is 0.615. The molecule has 1 aromatic rings. The molecule has 1 aliphatic carbocycles. The van der Waals surface area contributed by atoms with Crippen LogP contribution in [0.3, 0.4) is 0 Å². The first-order valence-corrected chi connectivity index (χ1v) is 7.69. The van der Waals surface area contributed by atoms with Crippen LogP contribution in [-0.2, 0) is 11.3 Å². The number of aromatic nitrogens is 1. The number of amides is 2. The average molecular weight is 295 g/mol. The fourth-order valence-electron chi connectivity index (χ4n) is 3.42. The maximum atomic E-state index is 12.2. The summed E-state index contributed by atoms with van der Waals surface area (Å²) in [7, 11) is 0. The van der Waals surface area contributed by atoms with E-state index in [1.807, 2.05) is 0 Å². The lowest BCUT2D eigenvalue weighted by molar-refractivity contribution is -0.142. The van der Waals surface area contributed by atoms with Gasteiger partial charge < -0.3 is 15.3 Å². The van der Waals surface area contributed by atoms with Crippen LogP contribution in [-0.4, -0.2) is 39.6 Å². The van der Waals surface area contributed by atoms with E-state index in [9.17, 15) is 14.7 Å². The number of urea groups is 1. The van der Waals surface area contributed by atoms with Crippen LogP contribution in [0.25, 0.3) is 0 Å². The number of carboxylic acid groups (broad SMARTS) is 1. The minimum atomic E-state index is -0.882. The molecule has 108 valence electrons. The first-order chi connectivity index (χ1) is 9.66. The van der Waals surface area contributed by atoms with Gasteiger partial charge in [-0.15, -0.1) is 11.3 Å². The van der Waals surface area contributed by atoms with E-state index in [0.29, 0.717) is 19.0 Å². The second-order valence-corrected chi connectivity index (χ2v) is 6.39. The van der Waals surface area contributed by atoms with E-state index in [0.717, 1.165) is 24.1 Å². The minimum Gasteiger partial charge on any atom is -0.480 e. The molecule has 3 rings (SSSR count). The summed E-state index contributed by atoms with van der Waals surface area (Å²) in [4.78, 5) is 30.1. The summed E-state index contributed by atoms with van der Waals surface area (Å²) in [6.07, 6.45) is 4.74. The molecular weight excluding hydrogens is 278 g/mol. The summed E-state index contributed by atoms with van der Waals surface area (Å²) in [5, 5.41) is 12.2. The third kappa shape index (κ3) is 2.37. The molecule has 7 heteroatoms. The number of aliphatic carboxylic acids is 1. The molecule has 0 bridgehead atoms. The van der Waals surface area contributed by atoms with E-state index in [4.69, 9.17) is 0 Å². The smallest absolute Gasteiger partial charge is 0.326 e. The van der Waals surface area contributed by atoms with Crippen molar-refractivity contribution in [1.82, 2.24) is 15.2 Å². The van der Waals surface area contributed by atoms with Gasteiger partial charge in [-0.2, -0.15) is 0 Å². The number of fused-ring (bicyclic) bond motifs is 1. The Morgan fingerprint density at radius 2 is 2.35 bits per heavy atom. The molecule has 2 amide bonds. The highest BCUT2D eigenvalue weighted by molar-refractivity contribution is 7.09. The summed E-state index contributed by atoms with van der Waals surface area (Å²) < 4.78 is 0. The van der Waals surface area contributed by atoms with E-state index < -0.39 is 12.0 Å². The fourth-order valence-corrected chi connectivity index (χ4v) is 3.96. The van der Waals surface area contributed by atoms with E-state index in [1.165, 1.54) is 16.2 Å². The molecule has 3 unspecified atom stereocenters. The van der Waals surface area contributed by atoms with E-state index in [-0.39, 0.29) is 11.9 Å². The number of hydrogen-bond donors (Lipinski definition) is 2. The molecule has 0 aromatic carbocycles. The normalized spacial score (nSPS) is 28.4. The van der Waals surface area contributed by atoms with Gasteiger partial charge in [0.2, 0.25) is 0 Å². The first-order valence-electron chi connectivity index (χ1n) is 6.81. The Morgan fingerprint density at radius 3 is 3.05 bits per heavy atom. The lowest BCUT2D eigenvalue weighted by Gasteiger charge is -2.24. The van der Waals surface area contributed by atoms with E-state index >= 15 is 0 Å². The maximum Gasteiger partial charge on any atom is 0.326 e. The predicted octanol–water partition coefficient (Wildman–Crippen LogP) is 1.54. The van der Waals surface area contributed by atoms with Crippen molar-refractivity contribution in [1.29, 1.82) is 0 Å². The zero-order chi connectivity index (χ0) is 14.1. The highest BCUT2D eigenvalue weighted by atomic mass is 32.1. The molecule has 3 atom stereocenters. The van der Waals surface area contributed by atoms with Gasteiger partial charge in [0, 0.05) is 17.6 Å². The summed E-state index contributed by atoms with van der Waals surface area (Å²) in [6, 6.07) is -0.941. The molecule has 2 fully saturated rings. The van der Waals surface area contributed by atoms with Crippen molar-refractivity contribution in [2.45, 2.75) is 31.8 Å². The maximum absolute atomic E-state index is 12.2. The zero-order valence-electron chi connectivity index (χ0n) is 11.0. The molecule has 1 aliphatic heterocycles. The molecule has 1 saturated carbocycles. The van der Waals surface area contributed by atoms with E-state index in [2.05, 4.69) is 10.3 Å². The highest BCUT2D eigenvalue weighted by Gasteiger charge is 2.49. The molecule has 2 aliphatic rings. The van der Waals surface area contributed by atoms with Crippen LogP contribution in [0.2, 0.25) is 0 Å². The van der Waals surface area contributed by atoms with Gasteiger partial charge in [-0.25, -0.2) is 9.59 Å².